The van der Waals surface area contributed by atoms with Crippen LogP contribution in [0.25, 0.3) is 10.3 Å². The van der Waals surface area contributed by atoms with Gasteiger partial charge >= 0.3 is 0 Å². The van der Waals surface area contributed by atoms with Crippen LogP contribution in [0.3, 0.4) is 0 Å². The van der Waals surface area contributed by atoms with Gasteiger partial charge in [-0.1, -0.05) is 13.8 Å². The summed E-state index contributed by atoms with van der Waals surface area (Å²) in [6.07, 6.45) is 4.71. The number of aromatic nitrogens is 2. The van der Waals surface area contributed by atoms with Gasteiger partial charge in [0.25, 0.3) is 0 Å². The van der Waals surface area contributed by atoms with Crippen LogP contribution < -0.4 is 0 Å². The lowest BCUT2D eigenvalue weighted by Crippen LogP contribution is -1.97. The Morgan fingerprint density at radius 2 is 2.13 bits per heavy atom. The molecule has 78 valence electrons. The molecular formula is C12H14N2S. The summed E-state index contributed by atoms with van der Waals surface area (Å²) < 4.78 is 0. The fourth-order valence-corrected chi connectivity index (χ4v) is 2.76. The Balaban J connectivity index is 2.29. The summed E-state index contributed by atoms with van der Waals surface area (Å²) in [4.78, 5) is 10.1. The van der Waals surface area contributed by atoms with E-state index in [0.717, 1.165) is 16.3 Å². The topological polar surface area (TPSA) is 25.8 Å². The first-order chi connectivity index (χ1) is 7.27. The molecule has 0 atom stereocenters. The van der Waals surface area contributed by atoms with Crippen molar-refractivity contribution in [3.8, 4) is 0 Å². The Hall–Kier alpha value is -0.960. The van der Waals surface area contributed by atoms with Crippen molar-refractivity contribution in [1.82, 2.24) is 9.97 Å². The Kier molecular flexibility index (Phi) is 2.02. The minimum Gasteiger partial charge on any atom is -0.243 e. The maximum Gasteiger partial charge on any atom is 0.143 e. The van der Waals surface area contributed by atoms with Crippen LogP contribution >= 0.6 is 11.3 Å². The van der Waals surface area contributed by atoms with Gasteiger partial charge in [-0.2, -0.15) is 0 Å². The van der Waals surface area contributed by atoms with Gasteiger partial charge in [-0.3, -0.25) is 0 Å². The smallest absolute Gasteiger partial charge is 0.143 e. The van der Waals surface area contributed by atoms with E-state index >= 15 is 0 Å². The third-order valence-electron chi connectivity index (χ3n) is 3.04. The molecule has 15 heavy (non-hydrogen) atoms. The quantitative estimate of drug-likeness (QED) is 0.768. The van der Waals surface area contributed by atoms with Crippen LogP contribution in [-0.4, -0.2) is 9.97 Å². The van der Waals surface area contributed by atoms with Crippen LogP contribution in [0.2, 0.25) is 0 Å². The van der Waals surface area contributed by atoms with Crippen molar-refractivity contribution in [2.75, 3.05) is 0 Å². The highest BCUT2D eigenvalue weighted by Gasteiger charge is 2.29. The molecule has 3 rings (SSSR count). The van der Waals surface area contributed by atoms with Crippen LogP contribution in [0, 0.1) is 0 Å². The molecular weight excluding hydrogens is 204 g/mol. The Morgan fingerprint density at radius 3 is 2.80 bits per heavy atom. The molecule has 1 aliphatic carbocycles. The molecule has 1 saturated carbocycles. The third kappa shape index (κ3) is 1.46. The number of fused-ring (bicyclic) bond motifs is 1. The van der Waals surface area contributed by atoms with Crippen LogP contribution in [0.15, 0.2) is 11.7 Å². The maximum absolute atomic E-state index is 4.49. The van der Waals surface area contributed by atoms with Gasteiger partial charge in [0.05, 0.1) is 5.51 Å². The zero-order valence-corrected chi connectivity index (χ0v) is 9.84. The van der Waals surface area contributed by atoms with E-state index in [-0.39, 0.29) is 0 Å². The fraction of sp³-hybridized carbons (Fsp3) is 0.500. The summed E-state index contributed by atoms with van der Waals surface area (Å²) in [6, 6.07) is 0. The van der Waals surface area contributed by atoms with Crippen molar-refractivity contribution < 1.29 is 0 Å². The van der Waals surface area contributed by atoms with Crippen molar-refractivity contribution in [1.29, 1.82) is 0 Å². The zero-order chi connectivity index (χ0) is 10.4. The zero-order valence-electron chi connectivity index (χ0n) is 9.03. The Labute approximate surface area is 93.4 Å². The molecule has 0 bridgehead atoms. The lowest BCUT2D eigenvalue weighted by atomic mass is 9.96. The molecule has 3 heteroatoms. The lowest BCUT2D eigenvalue weighted by Gasteiger charge is -2.11. The molecule has 2 aromatic rings. The highest BCUT2D eigenvalue weighted by molar-refractivity contribution is 7.16. The molecule has 2 aromatic heterocycles. The highest BCUT2D eigenvalue weighted by Crippen LogP contribution is 2.46. The highest BCUT2D eigenvalue weighted by atomic mass is 32.1. The predicted octanol–water partition coefficient (Wildman–Crippen LogP) is 3.69. The first-order valence-electron chi connectivity index (χ1n) is 5.49. The van der Waals surface area contributed by atoms with E-state index in [1.165, 1.54) is 24.0 Å². The molecule has 0 aromatic carbocycles. The second kappa shape index (κ2) is 3.27. The van der Waals surface area contributed by atoms with E-state index in [9.17, 15) is 0 Å². The second-order valence-electron chi connectivity index (χ2n) is 4.56. The summed E-state index contributed by atoms with van der Waals surface area (Å²) in [6.45, 7) is 4.47. The summed E-state index contributed by atoms with van der Waals surface area (Å²) in [5.41, 5.74) is 5.95. The van der Waals surface area contributed by atoms with Gasteiger partial charge in [0, 0.05) is 6.20 Å². The summed E-state index contributed by atoms with van der Waals surface area (Å²) >= 11 is 1.64. The first-order valence-corrected chi connectivity index (χ1v) is 6.37. The van der Waals surface area contributed by atoms with Gasteiger partial charge in [-0.25, -0.2) is 9.97 Å². The number of hydrogen-bond donors (Lipinski definition) is 0. The van der Waals surface area contributed by atoms with Crippen molar-refractivity contribution >= 4 is 21.7 Å². The average molecular weight is 218 g/mol. The second-order valence-corrected chi connectivity index (χ2v) is 5.40. The molecule has 1 fully saturated rings. The molecule has 0 aliphatic heterocycles. The number of rotatable bonds is 2. The van der Waals surface area contributed by atoms with Gasteiger partial charge in [-0.05, 0) is 35.8 Å². The van der Waals surface area contributed by atoms with E-state index in [0.29, 0.717) is 5.92 Å². The SMILES string of the molecule is CC(C)c1cnc2scnc2c1C1CC1. The molecule has 0 spiro atoms. The average Bonchev–Trinajstić information content (AvgIpc) is 2.93. The predicted molar refractivity (Wildman–Crippen MR) is 63.5 cm³/mol. The van der Waals surface area contributed by atoms with Crippen molar-refractivity contribution in [2.24, 2.45) is 0 Å². The van der Waals surface area contributed by atoms with Crippen LogP contribution in [0.1, 0.15) is 49.7 Å². The number of nitrogens with zero attached hydrogens (tertiary/aromatic N) is 2. The van der Waals surface area contributed by atoms with Crippen LogP contribution in [0.5, 0.6) is 0 Å². The summed E-state index contributed by atoms with van der Waals surface area (Å²) in [7, 11) is 0. The molecule has 0 unspecified atom stereocenters. The number of pyridine rings is 1. The van der Waals surface area contributed by atoms with Crippen molar-refractivity contribution in [3.63, 3.8) is 0 Å². The van der Waals surface area contributed by atoms with Gasteiger partial charge < -0.3 is 0 Å². The maximum atomic E-state index is 4.49. The Bertz CT molecular complexity index is 497. The molecule has 0 N–H and O–H groups in total. The van der Waals surface area contributed by atoms with E-state index in [1.807, 2.05) is 5.51 Å². The number of hydrogen-bond acceptors (Lipinski definition) is 3. The van der Waals surface area contributed by atoms with Crippen molar-refractivity contribution in [2.45, 2.75) is 38.5 Å². The molecule has 2 nitrogen and oxygen atoms in total. The van der Waals surface area contributed by atoms with Gasteiger partial charge in [-0.15, -0.1) is 11.3 Å². The van der Waals surface area contributed by atoms with E-state index in [1.54, 1.807) is 11.3 Å². The first kappa shape index (κ1) is 9.28. The van der Waals surface area contributed by atoms with Crippen LogP contribution in [-0.2, 0) is 0 Å². The largest absolute Gasteiger partial charge is 0.243 e. The molecule has 0 saturated heterocycles. The minimum absolute atomic E-state index is 0.555. The van der Waals surface area contributed by atoms with Gasteiger partial charge in [0.15, 0.2) is 0 Å². The van der Waals surface area contributed by atoms with Crippen molar-refractivity contribution in [3.05, 3.63) is 22.8 Å². The summed E-state index contributed by atoms with van der Waals surface area (Å²) in [5.74, 6) is 1.31. The third-order valence-corrected chi connectivity index (χ3v) is 3.78. The fourth-order valence-electron chi connectivity index (χ4n) is 2.11. The minimum atomic E-state index is 0.555. The molecule has 0 radical (unpaired) electrons. The molecule has 2 heterocycles. The van der Waals surface area contributed by atoms with Gasteiger partial charge in [0.1, 0.15) is 10.3 Å². The molecule has 1 aliphatic rings. The van der Waals surface area contributed by atoms with Crippen LogP contribution in [0.4, 0.5) is 0 Å². The van der Waals surface area contributed by atoms with E-state index in [2.05, 4.69) is 30.0 Å². The van der Waals surface area contributed by atoms with E-state index in [4.69, 9.17) is 0 Å². The summed E-state index contributed by atoms with van der Waals surface area (Å²) in [5, 5.41) is 0. The standard InChI is InChI=1S/C12H14N2S/c1-7(2)9-5-13-12-11(14-6-15-12)10(9)8-3-4-8/h5-8H,3-4H2,1-2H3. The van der Waals surface area contributed by atoms with Gasteiger partial charge in [0.2, 0.25) is 0 Å². The normalized spacial score (nSPS) is 16.5. The molecule has 0 amide bonds. The number of thiazole rings is 1. The monoisotopic (exact) mass is 218 g/mol. The Morgan fingerprint density at radius 1 is 1.33 bits per heavy atom. The van der Waals surface area contributed by atoms with E-state index < -0.39 is 0 Å². The lowest BCUT2D eigenvalue weighted by molar-refractivity contribution is 0.838.